The standard InChI is InChI=1S/C20H15Cl2FN2O3S/c21-12-4-13(22)6-16(5-12)28-9-18-25-20(10-29-18,19(26)27)8-15-3-11-1-2-14(23)7-17(11)24-15/h1-7,24H,8-10H2,(H,26,27). The Kier molecular flexibility index (Phi) is 5.46. The van der Waals surface area contributed by atoms with Crippen molar-refractivity contribution in [1.29, 1.82) is 0 Å². The van der Waals surface area contributed by atoms with Crippen LogP contribution in [0.2, 0.25) is 10.0 Å². The van der Waals surface area contributed by atoms with Gasteiger partial charge >= 0.3 is 5.97 Å². The van der Waals surface area contributed by atoms with Crippen molar-refractivity contribution in [3.8, 4) is 5.75 Å². The Labute approximate surface area is 179 Å². The van der Waals surface area contributed by atoms with Gasteiger partial charge in [0, 0.05) is 33.4 Å². The summed E-state index contributed by atoms with van der Waals surface area (Å²) in [4.78, 5) is 19.6. The molecule has 1 aliphatic heterocycles. The van der Waals surface area contributed by atoms with E-state index in [4.69, 9.17) is 27.9 Å². The number of carboxylic acids is 1. The second kappa shape index (κ2) is 7.89. The van der Waals surface area contributed by atoms with Crippen molar-refractivity contribution < 1.29 is 19.0 Å². The van der Waals surface area contributed by atoms with Crippen LogP contribution in [0.1, 0.15) is 5.69 Å². The topological polar surface area (TPSA) is 74.7 Å². The monoisotopic (exact) mass is 452 g/mol. The van der Waals surface area contributed by atoms with Gasteiger partial charge in [0.15, 0.2) is 5.54 Å². The minimum absolute atomic E-state index is 0.119. The van der Waals surface area contributed by atoms with E-state index in [2.05, 4.69) is 9.98 Å². The predicted octanol–water partition coefficient (Wildman–Crippen LogP) is 5.20. The van der Waals surface area contributed by atoms with Gasteiger partial charge < -0.3 is 14.8 Å². The average Bonchev–Trinajstić information content (AvgIpc) is 3.23. The molecule has 0 spiro atoms. The highest BCUT2D eigenvalue weighted by Gasteiger charge is 2.43. The lowest BCUT2D eigenvalue weighted by molar-refractivity contribution is -0.142. The van der Waals surface area contributed by atoms with Crippen LogP contribution in [-0.2, 0) is 11.2 Å². The molecule has 5 nitrogen and oxygen atoms in total. The van der Waals surface area contributed by atoms with Gasteiger partial charge in [-0.15, -0.1) is 11.8 Å². The summed E-state index contributed by atoms with van der Waals surface area (Å²) in [5.74, 6) is -0.609. The van der Waals surface area contributed by atoms with Crippen LogP contribution in [-0.4, -0.2) is 39.0 Å². The maximum atomic E-state index is 13.4. The number of nitrogens with one attached hydrogen (secondary N) is 1. The number of halogens is 3. The number of aromatic nitrogens is 1. The number of aliphatic imine (C=N–C) groups is 1. The number of aromatic amines is 1. The molecule has 150 valence electrons. The first-order chi connectivity index (χ1) is 13.8. The molecule has 1 atom stereocenters. The van der Waals surface area contributed by atoms with Crippen molar-refractivity contribution in [2.24, 2.45) is 4.99 Å². The zero-order valence-corrected chi connectivity index (χ0v) is 17.2. The van der Waals surface area contributed by atoms with Crippen LogP contribution in [0.3, 0.4) is 0 Å². The molecule has 1 aliphatic rings. The number of rotatable bonds is 6. The Balaban J connectivity index is 1.53. The molecule has 0 saturated heterocycles. The van der Waals surface area contributed by atoms with Crippen LogP contribution >= 0.6 is 35.0 Å². The van der Waals surface area contributed by atoms with Crippen molar-refractivity contribution in [2.45, 2.75) is 12.0 Å². The number of carboxylic acid groups (broad SMARTS) is 1. The quantitative estimate of drug-likeness (QED) is 0.538. The first-order valence-electron chi connectivity index (χ1n) is 8.64. The Bertz CT molecular complexity index is 1110. The number of thioether (sulfide) groups is 1. The third-order valence-corrected chi connectivity index (χ3v) is 6.14. The second-order valence-electron chi connectivity index (χ2n) is 6.73. The van der Waals surface area contributed by atoms with E-state index < -0.39 is 11.5 Å². The molecule has 0 aliphatic carbocycles. The van der Waals surface area contributed by atoms with Gasteiger partial charge in [-0.25, -0.2) is 9.18 Å². The Morgan fingerprint density at radius 2 is 2.00 bits per heavy atom. The SMILES string of the molecule is O=C(O)C1(Cc2cc3ccc(F)cc3[nH]2)CSC(COc2cc(Cl)cc(Cl)c2)=N1. The van der Waals surface area contributed by atoms with Gasteiger partial charge in [0.1, 0.15) is 23.2 Å². The fraction of sp³-hybridized carbons (Fsp3) is 0.200. The molecule has 4 rings (SSSR count). The molecular formula is C20H15Cl2FN2O3S. The summed E-state index contributed by atoms with van der Waals surface area (Å²) in [6.45, 7) is 0.119. The summed E-state index contributed by atoms with van der Waals surface area (Å²) in [6, 6.07) is 11.1. The van der Waals surface area contributed by atoms with Crippen LogP contribution in [0.5, 0.6) is 5.75 Å². The van der Waals surface area contributed by atoms with E-state index >= 15 is 0 Å². The Hall–Kier alpha value is -2.22. The van der Waals surface area contributed by atoms with Crippen molar-refractivity contribution in [3.05, 3.63) is 64.0 Å². The number of hydrogen-bond donors (Lipinski definition) is 2. The fourth-order valence-electron chi connectivity index (χ4n) is 3.18. The minimum atomic E-state index is -1.31. The average molecular weight is 453 g/mol. The van der Waals surface area contributed by atoms with E-state index in [1.165, 1.54) is 23.9 Å². The van der Waals surface area contributed by atoms with Crippen LogP contribution in [0.15, 0.2) is 47.5 Å². The van der Waals surface area contributed by atoms with Gasteiger partial charge in [0.2, 0.25) is 0 Å². The van der Waals surface area contributed by atoms with E-state index in [0.29, 0.717) is 32.0 Å². The smallest absolute Gasteiger partial charge is 0.332 e. The van der Waals surface area contributed by atoms with E-state index in [0.717, 1.165) is 5.39 Å². The number of aliphatic carboxylic acids is 1. The third-order valence-electron chi connectivity index (χ3n) is 4.54. The predicted molar refractivity (Wildman–Crippen MR) is 114 cm³/mol. The van der Waals surface area contributed by atoms with E-state index in [9.17, 15) is 14.3 Å². The largest absolute Gasteiger partial charge is 0.487 e. The summed E-state index contributed by atoms with van der Waals surface area (Å²) in [5, 5.41) is 12.1. The molecule has 9 heteroatoms. The number of fused-ring (bicyclic) bond motifs is 1. The molecule has 0 bridgehead atoms. The number of ether oxygens (including phenoxy) is 1. The van der Waals surface area contributed by atoms with Gasteiger partial charge in [-0.3, -0.25) is 4.99 Å². The minimum Gasteiger partial charge on any atom is -0.487 e. The van der Waals surface area contributed by atoms with Crippen LogP contribution in [0, 0.1) is 5.82 Å². The van der Waals surface area contributed by atoms with Gasteiger partial charge in [-0.1, -0.05) is 23.2 Å². The van der Waals surface area contributed by atoms with E-state index in [-0.39, 0.29) is 24.6 Å². The third kappa shape index (κ3) is 4.37. The van der Waals surface area contributed by atoms with Crippen LogP contribution in [0.25, 0.3) is 10.9 Å². The van der Waals surface area contributed by atoms with Crippen molar-refractivity contribution >= 4 is 56.9 Å². The summed E-state index contributed by atoms with van der Waals surface area (Å²) in [5.41, 5.74) is -0.00733. The lowest BCUT2D eigenvalue weighted by Gasteiger charge is -2.19. The molecule has 0 saturated carbocycles. The highest BCUT2D eigenvalue weighted by Crippen LogP contribution is 2.33. The molecule has 1 unspecified atom stereocenters. The molecule has 2 heterocycles. The summed E-state index contributed by atoms with van der Waals surface area (Å²) in [7, 11) is 0. The maximum absolute atomic E-state index is 13.4. The molecule has 0 fully saturated rings. The lowest BCUT2D eigenvalue weighted by atomic mass is 9.96. The van der Waals surface area contributed by atoms with Crippen LogP contribution in [0.4, 0.5) is 4.39 Å². The van der Waals surface area contributed by atoms with Crippen molar-refractivity contribution in [3.63, 3.8) is 0 Å². The number of benzene rings is 2. The molecule has 1 aromatic heterocycles. The molecule has 0 radical (unpaired) electrons. The zero-order valence-electron chi connectivity index (χ0n) is 14.9. The highest BCUT2D eigenvalue weighted by atomic mass is 35.5. The van der Waals surface area contributed by atoms with E-state index in [1.807, 2.05) is 6.07 Å². The normalized spacial score (nSPS) is 18.8. The number of carbonyl (C=O) groups is 1. The van der Waals surface area contributed by atoms with Gasteiger partial charge in [-0.05, 0) is 47.9 Å². The Morgan fingerprint density at radius 1 is 1.24 bits per heavy atom. The summed E-state index contributed by atoms with van der Waals surface area (Å²) in [6.07, 6.45) is 0.165. The van der Waals surface area contributed by atoms with Crippen molar-refractivity contribution in [2.75, 3.05) is 12.4 Å². The fourth-order valence-corrected chi connectivity index (χ4v) is 4.77. The zero-order chi connectivity index (χ0) is 20.6. The number of hydrogen-bond acceptors (Lipinski definition) is 4. The van der Waals surface area contributed by atoms with Crippen molar-refractivity contribution in [1.82, 2.24) is 4.98 Å². The second-order valence-corrected chi connectivity index (χ2v) is 8.65. The number of nitrogens with zero attached hydrogens (tertiary/aromatic N) is 1. The molecule has 3 aromatic rings. The molecule has 2 N–H and O–H groups in total. The van der Waals surface area contributed by atoms with Gasteiger partial charge in [0.25, 0.3) is 0 Å². The van der Waals surface area contributed by atoms with Crippen LogP contribution < -0.4 is 4.74 Å². The first-order valence-corrected chi connectivity index (χ1v) is 10.4. The van der Waals surface area contributed by atoms with Gasteiger partial charge in [-0.2, -0.15) is 0 Å². The molecule has 0 amide bonds. The highest BCUT2D eigenvalue weighted by molar-refractivity contribution is 8.14. The first kappa shape index (κ1) is 20.1. The Morgan fingerprint density at radius 3 is 2.72 bits per heavy atom. The molecule has 2 aromatic carbocycles. The van der Waals surface area contributed by atoms with Gasteiger partial charge in [0.05, 0.1) is 0 Å². The molecular weight excluding hydrogens is 438 g/mol. The lowest BCUT2D eigenvalue weighted by Crippen LogP contribution is -2.39. The van der Waals surface area contributed by atoms with E-state index in [1.54, 1.807) is 24.3 Å². The number of H-pyrrole nitrogens is 1. The maximum Gasteiger partial charge on any atom is 0.332 e. The summed E-state index contributed by atoms with van der Waals surface area (Å²) >= 11 is 13.3. The summed E-state index contributed by atoms with van der Waals surface area (Å²) < 4.78 is 19.1. The molecule has 29 heavy (non-hydrogen) atoms.